The fourth-order valence-corrected chi connectivity index (χ4v) is 2.19. The average Bonchev–Trinajstić information content (AvgIpc) is 2.96. The van der Waals surface area contributed by atoms with Gasteiger partial charge in [0, 0.05) is 31.6 Å². The van der Waals surface area contributed by atoms with Crippen molar-refractivity contribution in [2.24, 2.45) is 0 Å². The van der Waals surface area contributed by atoms with Crippen molar-refractivity contribution in [1.82, 2.24) is 14.7 Å². The molecule has 2 aromatic rings. The van der Waals surface area contributed by atoms with Gasteiger partial charge in [0.2, 0.25) is 5.91 Å². The van der Waals surface area contributed by atoms with Crippen molar-refractivity contribution >= 4 is 23.2 Å². The maximum atomic E-state index is 13.0. The molecule has 0 N–H and O–H groups in total. The van der Waals surface area contributed by atoms with Crippen LogP contribution >= 0.6 is 11.6 Å². The van der Waals surface area contributed by atoms with Crippen molar-refractivity contribution in [1.29, 1.82) is 0 Å². The van der Waals surface area contributed by atoms with Crippen molar-refractivity contribution in [2.45, 2.75) is 19.5 Å². The first-order chi connectivity index (χ1) is 10.9. The van der Waals surface area contributed by atoms with Crippen LogP contribution in [0, 0.1) is 15.9 Å². The number of nitrogens with zero attached hydrogens (tertiary/aromatic N) is 4. The lowest BCUT2D eigenvalue weighted by atomic mass is 10.2. The third-order valence-electron chi connectivity index (χ3n) is 3.23. The molecule has 1 heterocycles. The van der Waals surface area contributed by atoms with Crippen LogP contribution < -0.4 is 0 Å². The Hall–Kier alpha value is -2.48. The van der Waals surface area contributed by atoms with Crippen LogP contribution in [0.3, 0.4) is 0 Å². The lowest BCUT2D eigenvalue weighted by molar-refractivity contribution is -0.385. The number of benzene rings is 1. The van der Waals surface area contributed by atoms with E-state index in [4.69, 9.17) is 11.6 Å². The third kappa shape index (κ3) is 4.49. The highest BCUT2D eigenvalue weighted by Crippen LogP contribution is 2.19. The van der Waals surface area contributed by atoms with Crippen molar-refractivity contribution in [2.75, 3.05) is 7.05 Å². The predicted octanol–water partition coefficient (Wildman–Crippen LogP) is 2.63. The summed E-state index contributed by atoms with van der Waals surface area (Å²) < 4.78 is 14.3. The van der Waals surface area contributed by atoms with Crippen molar-refractivity contribution in [3.05, 3.63) is 57.1 Å². The molecule has 0 spiro atoms. The Labute approximate surface area is 136 Å². The maximum Gasteiger partial charge on any atom is 0.306 e. The second kappa shape index (κ2) is 7.19. The van der Waals surface area contributed by atoms with Gasteiger partial charge >= 0.3 is 5.69 Å². The number of amides is 1. The van der Waals surface area contributed by atoms with E-state index in [1.54, 1.807) is 7.05 Å². The van der Waals surface area contributed by atoms with Gasteiger partial charge < -0.3 is 4.90 Å². The number of hydrogen-bond donors (Lipinski definition) is 0. The van der Waals surface area contributed by atoms with Crippen LogP contribution in [-0.4, -0.2) is 32.6 Å². The zero-order valence-electron chi connectivity index (χ0n) is 12.3. The van der Waals surface area contributed by atoms with Gasteiger partial charge in [0.25, 0.3) is 0 Å². The Bertz CT molecular complexity index is 735. The zero-order valence-corrected chi connectivity index (χ0v) is 13.0. The van der Waals surface area contributed by atoms with Gasteiger partial charge in [0.05, 0.1) is 4.92 Å². The van der Waals surface area contributed by atoms with Gasteiger partial charge in [0.1, 0.15) is 18.2 Å². The van der Waals surface area contributed by atoms with Crippen LogP contribution in [0.5, 0.6) is 0 Å². The number of carbonyl (C=O) groups excluding carboxylic acids is 1. The lowest BCUT2D eigenvalue weighted by Crippen LogP contribution is -2.27. The second-order valence-electron chi connectivity index (χ2n) is 4.95. The Morgan fingerprint density at radius 3 is 2.87 bits per heavy atom. The van der Waals surface area contributed by atoms with Crippen molar-refractivity contribution in [3.8, 4) is 0 Å². The maximum absolute atomic E-state index is 13.0. The third-order valence-corrected chi connectivity index (χ3v) is 3.59. The molecular weight excluding hydrogens is 327 g/mol. The van der Waals surface area contributed by atoms with Gasteiger partial charge in [0.15, 0.2) is 0 Å². The summed E-state index contributed by atoms with van der Waals surface area (Å²) in [5.41, 5.74) is 0.516. The Morgan fingerprint density at radius 1 is 1.52 bits per heavy atom. The Morgan fingerprint density at radius 2 is 2.26 bits per heavy atom. The van der Waals surface area contributed by atoms with E-state index in [-0.39, 0.29) is 36.1 Å². The zero-order chi connectivity index (χ0) is 17.0. The number of halogens is 2. The number of rotatable bonds is 6. The summed E-state index contributed by atoms with van der Waals surface area (Å²) in [6, 6.07) is 4.00. The lowest BCUT2D eigenvalue weighted by Gasteiger charge is -2.18. The first-order valence-corrected chi connectivity index (χ1v) is 7.09. The van der Waals surface area contributed by atoms with E-state index in [0.717, 1.165) is 6.20 Å². The van der Waals surface area contributed by atoms with Crippen molar-refractivity contribution < 1.29 is 14.1 Å². The second-order valence-corrected chi connectivity index (χ2v) is 5.36. The highest BCUT2D eigenvalue weighted by atomic mass is 35.5. The summed E-state index contributed by atoms with van der Waals surface area (Å²) >= 11 is 5.93. The molecule has 9 heteroatoms. The van der Waals surface area contributed by atoms with Gasteiger partial charge in [-0.3, -0.25) is 19.6 Å². The minimum Gasteiger partial charge on any atom is -0.341 e. The highest BCUT2D eigenvalue weighted by molar-refractivity contribution is 6.31. The Kier molecular flexibility index (Phi) is 5.28. The number of aromatic nitrogens is 2. The highest BCUT2D eigenvalue weighted by Gasteiger charge is 2.13. The summed E-state index contributed by atoms with van der Waals surface area (Å²) in [5, 5.41) is 14.6. The molecule has 2 rings (SSSR count). The van der Waals surface area contributed by atoms with Crippen LogP contribution in [0.4, 0.5) is 10.1 Å². The molecule has 0 bridgehead atoms. The van der Waals surface area contributed by atoms with E-state index >= 15 is 0 Å². The minimum atomic E-state index is -0.548. The smallest absolute Gasteiger partial charge is 0.306 e. The summed E-state index contributed by atoms with van der Waals surface area (Å²) in [5.74, 6) is -0.614. The molecular formula is C14H14ClFN4O3. The van der Waals surface area contributed by atoms with E-state index in [9.17, 15) is 19.3 Å². The molecule has 0 saturated heterocycles. The van der Waals surface area contributed by atoms with Gasteiger partial charge in [-0.05, 0) is 17.7 Å². The fraction of sp³-hybridized carbons (Fsp3) is 0.286. The fourth-order valence-electron chi connectivity index (χ4n) is 1.96. The molecule has 0 atom stereocenters. The van der Waals surface area contributed by atoms with Crippen LogP contribution in [0.2, 0.25) is 5.02 Å². The predicted molar refractivity (Wildman–Crippen MR) is 81.4 cm³/mol. The van der Waals surface area contributed by atoms with E-state index in [2.05, 4.69) is 5.10 Å². The molecule has 1 amide bonds. The number of hydrogen-bond acceptors (Lipinski definition) is 4. The molecule has 0 unspecified atom stereocenters. The molecule has 0 aliphatic rings. The number of nitro groups is 1. The molecule has 7 nitrogen and oxygen atoms in total. The normalized spacial score (nSPS) is 10.6. The topological polar surface area (TPSA) is 81.3 Å². The quantitative estimate of drug-likeness (QED) is 0.598. The average molecular weight is 341 g/mol. The van der Waals surface area contributed by atoms with Crippen LogP contribution in [0.15, 0.2) is 30.6 Å². The standard InChI is InChI=1S/C14H14ClFN4O3/c1-18(8-10-2-3-11(16)6-13(10)15)14(21)4-5-19-9-12(7-17-19)20(22)23/h2-3,6-7,9H,4-5,8H2,1H3. The van der Waals surface area contributed by atoms with Gasteiger partial charge in [-0.15, -0.1) is 0 Å². The van der Waals surface area contributed by atoms with Gasteiger partial charge in [-0.1, -0.05) is 17.7 Å². The Balaban J connectivity index is 1.90. The minimum absolute atomic E-state index is 0.121. The number of carbonyl (C=O) groups is 1. The molecule has 0 saturated carbocycles. The number of aryl methyl sites for hydroxylation is 1. The van der Waals surface area contributed by atoms with Crippen LogP contribution in [0.25, 0.3) is 0 Å². The molecule has 1 aromatic carbocycles. The molecule has 0 radical (unpaired) electrons. The summed E-state index contributed by atoms with van der Waals surface area (Å²) in [6.07, 6.45) is 2.53. The monoisotopic (exact) mass is 340 g/mol. The first kappa shape index (κ1) is 16.9. The SMILES string of the molecule is CN(Cc1ccc(F)cc1Cl)C(=O)CCn1cc([N+](=O)[O-])cn1. The largest absolute Gasteiger partial charge is 0.341 e. The van der Waals surface area contributed by atoms with E-state index in [1.165, 1.54) is 34.0 Å². The molecule has 0 aliphatic carbocycles. The molecule has 1 aromatic heterocycles. The van der Waals surface area contributed by atoms with Crippen molar-refractivity contribution in [3.63, 3.8) is 0 Å². The van der Waals surface area contributed by atoms with Gasteiger partial charge in [-0.25, -0.2) is 4.39 Å². The molecule has 0 aliphatic heterocycles. The first-order valence-electron chi connectivity index (χ1n) is 6.71. The van der Waals surface area contributed by atoms with E-state index in [0.29, 0.717) is 5.56 Å². The van der Waals surface area contributed by atoms with E-state index in [1.807, 2.05) is 0 Å². The van der Waals surface area contributed by atoms with Crippen LogP contribution in [-0.2, 0) is 17.9 Å². The van der Waals surface area contributed by atoms with E-state index < -0.39 is 10.7 Å². The summed E-state index contributed by atoms with van der Waals surface area (Å²) in [6.45, 7) is 0.478. The summed E-state index contributed by atoms with van der Waals surface area (Å²) in [7, 11) is 1.60. The molecule has 122 valence electrons. The van der Waals surface area contributed by atoms with Gasteiger partial charge in [-0.2, -0.15) is 5.10 Å². The summed E-state index contributed by atoms with van der Waals surface area (Å²) in [4.78, 5) is 23.5. The van der Waals surface area contributed by atoms with Crippen LogP contribution in [0.1, 0.15) is 12.0 Å². The molecule has 23 heavy (non-hydrogen) atoms. The molecule has 0 fully saturated rings.